The van der Waals surface area contributed by atoms with Crippen molar-refractivity contribution in [3.05, 3.63) is 34.3 Å². The van der Waals surface area contributed by atoms with Crippen molar-refractivity contribution in [3.63, 3.8) is 0 Å². The third kappa shape index (κ3) is 4.54. The number of carbonyl (C=O) groups excluding carboxylic acids is 1. The van der Waals surface area contributed by atoms with Gasteiger partial charge in [0.05, 0.1) is 0 Å². The maximum absolute atomic E-state index is 12.9. The van der Waals surface area contributed by atoms with Gasteiger partial charge >= 0.3 is 0 Å². The Kier molecular flexibility index (Phi) is 6.86. The van der Waals surface area contributed by atoms with Crippen LogP contribution in [0.15, 0.2) is 28.7 Å². The normalized spacial score (nSPS) is 19.4. The number of nitrogens with two attached hydrogens (primary N) is 1. The molecule has 0 aliphatic carbocycles. The van der Waals surface area contributed by atoms with Crippen LogP contribution in [0, 0.1) is 5.92 Å². The molecule has 2 N–H and O–H groups in total. The van der Waals surface area contributed by atoms with Gasteiger partial charge in [0.25, 0.3) is 0 Å². The van der Waals surface area contributed by atoms with E-state index in [4.69, 9.17) is 10.5 Å². The Morgan fingerprint density at radius 3 is 3.05 bits per heavy atom. The molecule has 5 heteroatoms. The van der Waals surface area contributed by atoms with E-state index in [-0.39, 0.29) is 17.9 Å². The molecule has 1 fully saturated rings. The van der Waals surface area contributed by atoms with Gasteiger partial charge in [-0.25, -0.2) is 0 Å². The van der Waals surface area contributed by atoms with Crippen molar-refractivity contribution < 1.29 is 9.53 Å². The van der Waals surface area contributed by atoms with Crippen molar-refractivity contribution in [3.8, 4) is 0 Å². The van der Waals surface area contributed by atoms with Crippen molar-refractivity contribution in [2.24, 2.45) is 11.7 Å². The Balaban J connectivity index is 2.09. The summed E-state index contributed by atoms with van der Waals surface area (Å²) in [4.78, 5) is 14.9. The van der Waals surface area contributed by atoms with Crippen molar-refractivity contribution in [2.75, 3.05) is 26.8 Å². The van der Waals surface area contributed by atoms with E-state index in [0.717, 1.165) is 36.7 Å². The van der Waals surface area contributed by atoms with E-state index in [1.807, 2.05) is 17.0 Å². The fourth-order valence-electron chi connectivity index (χ4n) is 3.13. The van der Waals surface area contributed by atoms with Gasteiger partial charge in [0.15, 0.2) is 0 Å². The molecule has 1 saturated heterocycles. The summed E-state index contributed by atoms with van der Waals surface area (Å²) >= 11 is 3.49. The van der Waals surface area contributed by atoms with Gasteiger partial charge in [0, 0.05) is 43.2 Å². The lowest BCUT2D eigenvalue weighted by molar-refractivity contribution is -0.136. The van der Waals surface area contributed by atoms with E-state index < -0.39 is 0 Å². The van der Waals surface area contributed by atoms with E-state index in [1.165, 1.54) is 5.56 Å². The number of hydrogen-bond acceptors (Lipinski definition) is 3. The predicted molar refractivity (Wildman–Crippen MR) is 91.6 cm³/mol. The minimum absolute atomic E-state index is 0.0404. The summed E-state index contributed by atoms with van der Waals surface area (Å²) in [5.41, 5.74) is 6.98. The Morgan fingerprint density at radius 2 is 2.36 bits per heavy atom. The van der Waals surface area contributed by atoms with Gasteiger partial charge in [0.2, 0.25) is 5.91 Å². The number of hydrogen-bond donors (Lipinski definition) is 1. The lowest BCUT2D eigenvalue weighted by Crippen LogP contribution is -2.43. The molecule has 2 unspecified atom stereocenters. The largest absolute Gasteiger partial charge is 0.385 e. The maximum atomic E-state index is 12.9. The highest BCUT2D eigenvalue weighted by Crippen LogP contribution is 2.24. The Hall–Kier alpha value is -0.910. The summed E-state index contributed by atoms with van der Waals surface area (Å²) in [7, 11) is 1.68. The van der Waals surface area contributed by atoms with Gasteiger partial charge in [-0.3, -0.25) is 4.79 Å². The number of likely N-dealkylation sites (tertiary alicyclic amines) is 1. The molecule has 2 atom stereocenters. The summed E-state index contributed by atoms with van der Waals surface area (Å²) in [6.07, 6.45) is 3.57. The number of nitrogens with zero attached hydrogens (tertiary/aromatic N) is 1. The number of halogens is 1. The molecule has 0 bridgehead atoms. The quantitative estimate of drug-likeness (QED) is 0.804. The first-order valence-corrected chi connectivity index (χ1v) is 8.69. The molecular formula is C17H25BrN2O2. The fourth-order valence-corrected chi connectivity index (χ4v) is 3.57. The van der Waals surface area contributed by atoms with Crippen LogP contribution in [0.3, 0.4) is 0 Å². The summed E-state index contributed by atoms with van der Waals surface area (Å²) in [6.45, 7) is 1.99. The van der Waals surface area contributed by atoms with Crippen LogP contribution in [0.1, 0.15) is 24.8 Å². The number of amides is 1. The standard InChI is InChI=1S/C17H25BrN2O2/c1-22-9-7-14(10-13-4-2-5-15(18)11-13)17(21)20-8-3-6-16(20)12-19/h2,4-5,11,14,16H,3,6-10,12,19H2,1H3. The molecule has 4 nitrogen and oxygen atoms in total. The van der Waals surface area contributed by atoms with Crippen LogP contribution >= 0.6 is 15.9 Å². The molecule has 1 amide bonds. The number of carbonyl (C=O) groups is 1. The van der Waals surface area contributed by atoms with E-state index in [1.54, 1.807) is 7.11 Å². The molecule has 0 spiro atoms. The summed E-state index contributed by atoms with van der Waals surface area (Å²) in [5, 5.41) is 0. The highest BCUT2D eigenvalue weighted by molar-refractivity contribution is 9.10. The Labute approximate surface area is 141 Å². The highest BCUT2D eigenvalue weighted by Gasteiger charge is 2.32. The predicted octanol–water partition coefficient (Wildman–Crippen LogP) is 2.59. The number of benzene rings is 1. The molecule has 122 valence electrons. The molecule has 0 aromatic heterocycles. The van der Waals surface area contributed by atoms with Gasteiger partial charge in [-0.15, -0.1) is 0 Å². The van der Waals surface area contributed by atoms with Crippen LogP contribution in [0.4, 0.5) is 0 Å². The topological polar surface area (TPSA) is 55.6 Å². The lowest BCUT2D eigenvalue weighted by Gasteiger charge is -2.28. The van der Waals surface area contributed by atoms with E-state index in [0.29, 0.717) is 13.2 Å². The van der Waals surface area contributed by atoms with E-state index >= 15 is 0 Å². The fraction of sp³-hybridized carbons (Fsp3) is 0.588. The van der Waals surface area contributed by atoms with E-state index in [2.05, 4.69) is 28.1 Å². The molecule has 1 aliphatic rings. The van der Waals surface area contributed by atoms with Crippen molar-refractivity contribution >= 4 is 21.8 Å². The number of methoxy groups -OCH3 is 1. The third-order valence-corrected chi connectivity index (χ3v) is 4.82. The summed E-state index contributed by atoms with van der Waals surface area (Å²) < 4.78 is 6.24. The zero-order chi connectivity index (χ0) is 15.9. The average Bonchev–Trinajstić information content (AvgIpc) is 2.99. The van der Waals surface area contributed by atoms with Crippen LogP contribution in [0.2, 0.25) is 0 Å². The zero-order valence-corrected chi connectivity index (χ0v) is 14.7. The minimum atomic E-state index is -0.0404. The summed E-state index contributed by atoms with van der Waals surface area (Å²) in [5.74, 6) is 0.186. The molecule has 1 aliphatic heterocycles. The maximum Gasteiger partial charge on any atom is 0.226 e. The van der Waals surface area contributed by atoms with Gasteiger partial charge in [0.1, 0.15) is 0 Å². The number of ether oxygens (including phenoxy) is 1. The molecule has 1 aromatic carbocycles. The van der Waals surface area contributed by atoms with Crippen LogP contribution in [0.5, 0.6) is 0 Å². The third-order valence-electron chi connectivity index (χ3n) is 4.32. The molecular weight excluding hydrogens is 344 g/mol. The minimum Gasteiger partial charge on any atom is -0.385 e. The zero-order valence-electron chi connectivity index (χ0n) is 13.1. The van der Waals surface area contributed by atoms with Crippen LogP contribution < -0.4 is 5.73 Å². The van der Waals surface area contributed by atoms with Gasteiger partial charge in [-0.1, -0.05) is 28.1 Å². The number of rotatable bonds is 7. The molecule has 2 rings (SSSR count). The second-order valence-electron chi connectivity index (χ2n) is 5.88. The van der Waals surface area contributed by atoms with Crippen LogP contribution in [0.25, 0.3) is 0 Å². The second-order valence-corrected chi connectivity index (χ2v) is 6.79. The van der Waals surface area contributed by atoms with Gasteiger partial charge < -0.3 is 15.4 Å². The second kappa shape index (κ2) is 8.65. The first kappa shape index (κ1) is 17.4. The van der Waals surface area contributed by atoms with Crippen molar-refractivity contribution in [1.29, 1.82) is 0 Å². The smallest absolute Gasteiger partial charge is 0.226 e. The molecule has 1 aromatic rings. The van der Waals surface area contributed by atoms with Crippen LogP contribution in [-0.4, -0.2) is 43.7 Å². The molecule has 1 heterocycles. The van der Waals surface area contributed by atoms with Crippen molar-refractivity contribution in [1.82, 2.24) is 4.90 Å². The highest BCUT2D eigenvalue weighted by atomic mass is 79.9. The lowest BCUT2D eigenvalue weighted by atomic mass is 9.94. The molecule has 22 heavy (non-hydrogen) atoms. The van der Waals surface area contributed by atoms with Gasteiger partial charge in [-0.2, -0.15) is 0 Å². The first-order chi connectivity index (χ1) is 10.7. The Morgan fingerprint density at radius 1 is 1.55 bits per heavy atom. The van der Waals surface area contributed by atoms with Crippen molar-refractivity contribution in [2.45, 2.75) is 31.7 Å². The molecule has 0 radical (unpaired) electrons. The van der Waals surface area contributed by atoms with E-state index in [9.17, 15) is 4.79 Å². The average molecular weight is 369 g/mol. The van der Waals surface area contributed by atoms with Gasteiger partial charge in [-0.05, 0) is 43.4 Å². The molecule has 0 saturated carbocycles. The summed E-state index contributed by atoms with van der Waals surface area (Å²) in [6, 6.07) is 8.37. The first-order valence-electron chi connectivity index (χ1n) is 7.89. The SMILES string of the molecule is COCCC(Cc1cccc(Br)c1)C(=O)N1CCCC1CN. The Bertz CT molecular complexity index is 495. The monoisotopic (exact) mass is 368 g/mol. The van der Waals surface area contributed by atoms with Crippen LogP contribution in [-0.2, 0) is 16.0 Å².